The molecule has 0 spiro atoms. The average Bonchev–Trinajstić information content (AvgIpc) is 3.23. The van der Waals surface area contributed by atoms with Crippen LogP contribution in [0.1, 0.15) is 17.5 Å². The number of benzene rings is 2. The number of halogens is 3. The minimum absolute atomic E-state index is 0.139. The van der Waals surface area contributed by atoms with Crippen LogP contribution in [0.5, 0.6) is 0 Å². The van der Waals surface area contributed by atoms with E-state index in [1.807, 2.05) is 37.3 Å². The lowest BCUT2D eigenvalue weighted by molar-refractivity contribution is 0.00669. The average molecular weight is 467 g/mol. The van der Waals surface area contributed by atoms with E-state index < -0.39 is 21.8 Å². The largest absolute Gasteiger partial charge is 0.283 e. The molecule has 2 N–H and O–H groups in total. The van der Waals surface area contributed by atoms with Crippen LogP contribution in [0.2, 0.25) is 0 Å². The van der Waals surface area contributed by atoms with Crippen LogP contribution in [0.3, 0.4) is 0 Å². The molecular formula is C22H25F3N4O2S. The number of allylic oxidation sites excluding steroid dienone is 1. The number of hydrogen-bond acceptors (Lipinski definition) is 5. The Balaban J connectivity index is 1.65. The van der Waals surface area contributed by atoms with Crippen molar-refractivity contribution in [3.05, 3.63) is 71.2 Å². The van der Waals surface area contributed by atoms with Crippen molar-refractivity contribution in [2.24, 2.45) is 5.14 Å². The van der Waals surface area contributed by atoms with Crippen LogP contribution >= 0.6 is 0 Å². The Kier molecular flexibility index (Phi) is 6.06. The molecule has 1 saturated heterocycles. The number of aryl methyl sites for hydroxylation is 1. The lowest BCUT2D eigenvalue weighted by atomic mass is 10.1. The maximum Gasteiger partial charge on any atom is 0.261 e. The van der Waals surface area contributed by atoms with Gasteiger partial charge in [0.05, 0.1) is 23.8 Å². The van der Waals surface area contributed by atoms with E-state index >= 15 is 4.39 Å². The van der Waals surface area contributed by atoms with Crippen molar-refractivity contribution in [3.63, 3.8) is 0 Å². The normalized spacial score (nSPS) is 19.5. The number of anilines is 1. The van der Waals surface area contributed by atoms with Crippen molar-refractivity contribution in [2.75, 3.05) is 31.3 Å². The van der Waals surface area contributed by atoms with Crippen LogP contribution in [-0.2, 0) is 16.4 Å². The van der Waals surface area contributed by atoms with Gasteiger partial charge in [-0.15, -0.1) is 0 Å². The first-order chi connectivity index (χ1) is 15.0. The van der Waals surface area contributed by atoms with E-state index in [0.717, 1.165) is 22.9 Å². The van der Waals surface area contributed by atoms with Crippen LogP contribution in [0.15, 0.2) is 59.1 Å². The Labute approximate surface area is 185 Å². The number of sulfonamides is 1. The quantitative estimate of drug-likeness (QED) is 0.708. The molecule has 0 saturated carbocycles. The third kappa shape index (κ3) is 4.98. The summed E-state index contributed by atoms with van der Waals surface area (Å²) in [7, 11) is -4.06. The van der Waals surface area contributed by atoms with Gasteiger partial charge in [0, 0.05) is 31.6 Å². The van der Waals surface area contributed by atoms with Crippen LogP contribution in [0.25, 0.3) is 0 Å². The summed E-state index contributed by atoms with van der Waals surface area (Å²) >= 11 is 0. The smallest absolute Gasteiger partial charge is 0.261 e. The van der Waals surface area contributed by atoms with Crippen LogP contribution < -0.4 is 10.1 Å². The van der Waals surface area contributed by atoms with Gasteiger partial charge in [-0.05, 0) is 36.8 Å². The molecule has 0 atom stereocenters. The summed E-state index contributed by atoms with van der Waals surface area (Å²) in [6.07, 6.45) is 2.23. The summed E-state index contributed by atoms with van der Waals surface area (Å²) < 4.78 is 65.7. The highest BCUT2D eigenvalue weighted by Crippen LogP contribution is 2.33. The Morgan fingerprint density at radius 1 is 1.16 bits per heavy atom. The topological polar surface area (TPSA) is 69.9 Å². The molecule has 4 rings (SSSR count). The predicted octanol–water partition coefficient (Wildman–Crippen LogP) is 3.24. The molecule has 0 radical (unpaired) electrons. The second-order valence-electron chi connectivity index (χ2n) is 8.32. The molecule has 2 heterocycles. The fraction of sp³-hybridized carbons (Fsp3) is 0.364. The van der Waals surface area contributed by atoms with Crippen molar-refractivity contribution in [1.29, 1.82) is 0 Å². The standard InChI is InChI=1S/C22H25F3N4O2S/c1-16-3-2-4-17(11-16)12-18-7-9-28(15-27-10-8-22(24,25)14-27)29(18)21-6-5-19(13-20(21)23)32(26,30)31/h2-7,11,13H,8-10,12,14-15H2,1H3,(H2,26,30,31). The molecule has 6 nitrogen and oxygen atoms in total. The van der Waals surface area contributed by atoms with Crippen molar-refractivity contribution in [2.45, 2.75) is 30.6 Å². The molecule has 172 valence electrons. The Bertz CT molecular complexity index is 1150. The second kappa shape index (κ2) is 8.51. The monoisotopic (exact) mass is 466 g/mol. The lowest BCUT2D eigenvalue weighted by Crippen LogP contribution is -2.45. The van der Waals surface area contributed by atoms with Gasteiger partial charge in [0.2, 0.25) is 10.0 Å². The first kappa shape index (κ1) is 22.8. The number of likely N-dealkylation sites (tertiary alicyclic amines) is 1. The third-order valence-electron chi connectivity index (χ3n) is 5.65. The highest BCUT2D eigenvalue weighted by molar-refractivity contribution is 7.89. The Hall–Kier alpha value is -2.40. The molecule has 0 aromatic heterocycles. The Morgan fingerprint density at radius 2 is 1.94 bits per heavy atom. The van der Waals surface area contributed by atoms with Crippen LogP contribution in [-0.4, -0.2) is 50.6 Å². The van der Waals surface area contributed by atoms with Gasteiger partial charge in [0.15, 0.2) is 0 Å². The van der Waals surface area contributed by atoms with Crippen LogP contribution in [0, 0.1) is 12.7 Å². The molecule has 2 aromatic carbocycles. The van der Waals surface area contributed by atoms with E-state index in [1.165, 1.54) is 12.1 Å². The predicted molar refractivity (Wildman–Crippen MR) is 116 cm³/mol. The van der Waals surface area contributed by atoms with Gasteiger partial charge in [-0.2, -0.15) is 5.01 Å². The van der Waals surface area contributed by atoms with Crippen LogP contribution in [0.4, 0.5) is 18.9 Å². The number of alkyl halides is 2. The summed E-state index contributed by atoms with van der Waals surface area (Å²) in [5.74, 6) is -3.49. The molecule has 2 aromatic rings. The SMILES string of the molecule is Cc1cccc(CC2=CCN(CN3CCC(F)(F)C3)N2c2ccc(S(N)(=O)=O)cc2F)c1. The summed E-state index contributed by atoms with van der Waals surface area (Å²) in [4.78, 5) is 1.31. The van der Waals surface area contributed by atoms with E-state index in [0.29, 0.717) is 13.0 Å². The van der Waals surface area contributed by atoms with Gasteiger partial charge in [-0.25, -0.2) is 26.7 Å². The van der Waals surface area contributed by atoms with E-state index in [-0.39, 0.29) is 36.8 Å². The number of primary sulfonamides is 1. The maximum absolute atomic E-state index is 15.1. The number of rotatable bonds is 6. The van der Waals surface area contributed by atoms with E-state index in [9.17, 15) is 17.2 Å². The highest BCUT2D eigenvalue weighted by Gasteiger charge is 2.40. The van der Waals surface area contributed by atoms with E-state index in [2.05, 4.69) is 0 Å². The van der Waals surface area contributed by atoms with Crippen molar-refractivity contribution in [1.82, 2.24) is 9.91 Å². The number of nitrogens with two attached hydrogens (primary N) is 1. The minimum Gasteiger partial charge on any atom is -0.283 e. The van der Waals surface area contributed by atoms with Crippen molar-refractivity contribution < 1.29 is 21.6 Å². The molecule has 2 aliphatic rings. The maximum atomic E-state index is 15.1. The highest BCUT2D eigenvalue weighted by atomic mass is 32.2. The molecule has 0 bridgehead atoms. The van der Waals surface area contributed by atoms with Gasteiger partial charge in [-0.1, -0.05) is 29.8 Å². The first-order valence-electron chi connectivity index (χ1n) is 10.2. The van der Waals surface area contributed by atoms with Gasteiger partial charge >= 0.3 is 0 Å². The summed E-state index contributed by atoms with van der Waals surface area (Å²) in [6, 6.07) is 11.4. The second-order valence-corrected chi connectivity index (χ2v) is 9.88. The fourth-order valence-electron chi connectivity index (χ4n) is 4.16. The molecule has 0 aliphatic carbocycles. The molecular weight excluding hydrogens is 441 g/mol. The molecule has 2 aliphatic heterocycles. The zero-order chi connectivity index (χ0) is 23.1. The number of hydrazine groups is 1. The molecule has 1 fully saturated rings. The summed E-state index contributed by atoms with van der Waals surface area (Å²) in [5, 5.41) is 8.56. The Morgan fingerprint density at radius 3 is 2.56 bits per heavy atom. The molecule has 10 heteroatoms. The lowest BCUT2D eigenvalue weighted by Gasteiger charge is -2.35. The van der Waals surface area contributed by atoms with E-state index in [1.54, 1.807) is 14.9 Å². The molecule has 0 unspecified atom stereocenters. The van der Waals surface area contributed by atoms with Gasteiger partial charge in [0.1, 0.15) is 5.82 Å². The van der Waals surface area contributed by atoms with Crippen molar-refractivity contribution >= 4 is 15.7 Å². The summed E-state index contributed by atoms with van der Waals surface area (Å²) in [5.41, 5.74) is 3.04. The molecule has 0 amide bonds. The number of nitrogens with zero attached hydrogens (tertiary/aromatic N) is 3. The minimum atomic E-state index is -4.06. The zero-order valence-corrected chi connectivity index (χ0v) is 18.5. The zero-order valence-electron chi connectivity index (χ0n) is 17.6. The van der Waals surface area contributed by atoms with Gasteiger partial charge < -0.3 is 0 Å². The number of hydrogen-bond donors (Lipinski definition) is 1. The fourth-order valence-corrected chi connectivity index (χ4v) is 4.69. The van der Waals surface area contributed by atoms with Gasteiger partial charge in [-0.3, -0.25) is 9.91 Å². The first-order valence-corrected chi connectivity index (χ1v) is 11.8. The third-order valence-corrected chi connectivity index (χ3v) is 6.56. The van der Waals surface area contributed by atoms with Gasteiger partial charge in [0.25, 0.3) is 5.92 Å². The van der Waals surface area contributed by atoms with Crippen molar-refractivity contribution in [3.8, 4) is 0 Å². The molecule has 32 heavy (non-hydrogen) atoms. The summed E-state index contributed by atoms with van der Waals surface area (Å²) in [6.45, 7) is 2.49. The van der Waals surface area contributed by atoms with E-state index in [4.69, 9.17) is 5.14 Å².